The minimum Gasteiger partial charge on any atom is -0.458 e. The highest BCUT2D eigenvalue weighted by molar-refractivity contribution is 5.92. The lowest BCUT2D eigenvalue weighted by Gasteiger charge is -1.99. The van der Waals surface area contributed by atoms with Crippen LogP contribution in [-0.4, -0.2) is 24.5 Å². The van der Waals surface area contributed by atoms with E-state index in [4.69, 9.17) is 4.74 Å². The van der Waals surface area contributed by atoms with Gasteiger partial charge in [0.2, 0.25) is 0 Å². The first-order valence-electron chi connectivity index (χ1n) is 8.31. The van der Waals surface area contributed by atoms with Gasteiger partial charge in [0.1, 0.15) is 6.61 Å². The van der Waals surface area contributed by atoms with Crippen LogP contribution in [0, 0.1) is 0 Å². The van der Waals surface area contributed by atoms with Gasteiger partial charge in [0.25, 0.3) is 0 Å². The molecule has 0 radical (unpaired) electrons. The summed E-state index contributed by atoms with van der Waals surface area (Å²) in [7, 11) is 0. The third kappa shape index (κ3) is 9.55. The number of cyclic esters (lactones) is 2. The third-order valence-electron chi connectivity index (χ3n) is 3.14. The number of ether oxygens (including phenoxy) is 2. The molecule has 2 aromatic rings. The molecule has 0 saturated carbocycles. The smallest absolute Gasteiger partial charge is 0.338 e. The maximum atomic E-state index is 11.1. The monoisotopic (exact) mass is 366 g/mol. The fraction of sp³-hybridized carbons (Fsp3) is 0.136. The predicted octanol–water partition coefficient (Wildman–Crippen LogP) is 4.21. The van der Waals surface area contributed by atoms with Gasteiger partial charge in [-0.05, 0) is 17.7 Å². The second-order valence-corrected chi connectivity index (χ2v) is 5.21. The summed E-state index contributed by atoms with van der Waals surface area (Å²) in [4.78, 5) is 31.2. The van der Waals surface area contributed by atoms with Crippen molar-refractivity contribution < 1.29 is 23.9 Å². The average molecular weight is 366 g/mol. The van der Waals surface area contributed by atoms with Crippen molar-refractivity contribution in [1.29, 1.82) is 0 Å². The zero-order valence-corrected chi connectivity index (χ0v) is 15.0. The van der Waals surface area contributed by atoms with E-state index in [1.54, 1.807) is 30.3 Å². The van der Waals surface area contributed by atoms with Gasteiger partial charge in [0.05, 0.1) is 18.4 Å². The highest BCUT2D eigenvalue weighted by Crippen LogP contribution is 2.04. The molecule has 1 saturated heterocycles. The fourth-order valence-corrected chi connectivity index (χ4v) is 1.81. The van der Waals surface area contributed by atoms with E-state index >= 15 is 0 Å². The summed E-state index contributed by atoms with van der Waals surface area (Å²) < 4.78 is 8.90. The minimum absolute atomic E-state index is 0.258. The lowest BCUT2D eigenvalue weighted by Crippen LogP contribution is -2.04. The molecule has 0 aliphatic carbocycles. The quantitative estimate of drug-likeness (QED) is 0.461. The molecule has 1 aliphatic heterocycles. The van der Waals surface area contributed by atoms with Crippen molar-refractivity contribution in [2.24, 2.45) is 0 Å². The minimum atomic E-state index is -0.398. The molecular formula is C22H22O5. The summed E-state index contributed by atoms with van der Waals surface area (Å²) in [5, 5.41) is 0. The molecule has 0 aromatic heterocycles. The number of carbonyl (C=O) groups excluding carboxylic acids is 3. The first-order valence-corrected chi connectivity index (χ1v) is 8.31. The largest absolute Gasteiger partial charge is 0.458 e. The summed E-state index contributed by atoms with van der Waals surface area (Å²) >= 11 is 0. The first kappa shape index (κ1) is 21.6. The van der Waals surface area contributed by atoms with E-state index in [9.17, 15) is 14.4 Å². The molecule has 1 heterocycles. The number of hydrogen-bond acceptors (Lipinski definition) is 5. The Labute approximate surface area is 158 Å². The van der Waals surface area contributed by atoms with E-state index in [1.807, 2.05) is 42.5 Å². The topological polar surface area (TPSA) is 69.7 Å². The number of carbonyl (C=O) groups is 3. The standard InChI is InChI=1S/C10H10O2.C8H8.C4H4O3/c1-2-8-12-10(11)9-6-4-3-5-7-9;1-2-8-6-4-3-5-7-8;5-3-1-2-4(6)7-3/h2-7H,1,8H2;2-7H,1H2;1-2H2. The van der Waals surface area contributed by atoms with Crippen LogP contribution in [-0.2, 0) is 19.1 Å². The van der Waals surface area contributed by atoms with Crippen molar-refractivity contribution in [3.8, 4) is 0 Å². The van der Waals surface area contributed by atoms with Gasteiger partial charge in [-0.3, -0.25) is 9.59 Å². The van der Waals surface area contributed by atoms with Crippen molar-refractivity contribution in [3.63, 3.8) is 0 Å². The van der Waals surface area contributed by atoms with Gasteiger partial charge in [-0.1, -0.05) is 73.8 Å². The summed E-state index contributed by atoms with van der Waals surface area (Å²) in [5.74, 6) is -1.11. The van der Waals surface area contributed by atoms with Gasteiger partial charge in [0, 0.05) is 0 Å². The molecule has 2 aromatic carbocycles. The van der Waals surface area contributed by atoms with Crippen LogP contribution in [0.15, 0.2) is 79.9 Å². The maximum absolute atomic E-state index is 11.1. The Kier molecular flexibility index (Phi) is 10.3. The van der Waals surface area contributed by atoms with Crippen molar-refractivity contribution in [1.82, 2.24) is 0 Å². The van der Waals surface area contributed by atoms with E-state index in [0.717, 1.165) is 0 Å². The normalized spacial score (nSPS) is 11.7. The van der Waals surface area contributed by atoms with Crippen LogP contribution in [0.5, 0.6) is 0 Å². The number of rotatable bonds is 4. The first-order chi connectivity index (χ1) is 13.1. The summed E-state index contributed by atoms with van der Waals surface area (Å²) in [5.41, 5.74) is 1.74. The van der Waals surface area contributed by atoms with Gasteiger partial charge < -0.3 is 9.47 Å². The zero-order chi connectivity index (χ0) is 19.9. The molecule has 5 heteroatoms. The van der Waals surface area contributed by atoms with Crippen LogP contribution in [0.2, 0.25) is 0 Å². The molecule has 3 rings (SSSR count). The Morgan fingerprint density at radius 1 is 0.926 bits per heavy atom. The number of benzene rings is 2. The molecule has 1 fully saturated rings. The predicted molar refractivity (Wildman–Crippen MR) is 104 cm³/mol. The van der Waals surface area contributed by atoms with Crippen LogP contribution in [0.4, 0.5) is 0 Å². The highest BCUT2D eigenvalue weighted by atomic mass is 16.6. The van der Waals surface area contributed by atoms with Crippen molar-refractivity contribution >= 4 is 24.0 Å². The molecule has 140 valence electrons. The van der Waals surface area contributed by atoms with Gasteiger partial charge in [-0.15, -0.1) is 0 Å². The third-order valence-corrected chi connectivity index (χ3v) is 3.14. The number of esters is 3. The lowest BCUT2D eigenvalue weighted by atomic mass is 10.2. The highest BCUT2D eigenvalue weighted by Gasteiger charge is 2.19. The van der Waals surface area contributed by atoms with Crippen LogP contribution >= 0.6 is 0 Å². The molecule has 0 spiro atoms. The summed E-state index contributed by atoms with van der Waals surface area (Å²) in [6.45, 7) is 7.34. The molecule has 0 bridgehead atoms. The zero-order valence-electron chi connectivity index (χ0n) is 15.0. The molecule has 27 heavy (non-hydrogen) atoms. The lowest BCUT2D eigenvalue weighted by molar-refractivity contribution is -0.151. The Morgan fingerprint density at radius 2 is 1.44 bits per heavy atom. The van der Waals surface area contributed by atoms with Gasteiger partial charge in [-0.25, -0.2) is 4.79 Å². The van der Waals surface area contributed by atoms with Crippen molar-refractivity contribution in [2.45, 2.75) is 12.8 Å². The average Bonchev–Trinajstić information content (AvgIpc) is 3.11. The molecule has 5 nitrogen and oxygen atoms in total. The van der Waals surface area contributed by atoms with Crippen LogP contribution < -0.4 is 0 Å². The van der Waals surface area contributed by atoms with Gasteiger partial charge >= 0.3 is 17.9 Å². The Balaban J connectivity index is 0.000000212. The van der Waals surface area contributed by atoms with E-state index in [0.29, 0.717) is 5.56 Å². The molecular weight excluding hydrogens is 344 g/mol. The second kappa shape index (κ2) is 12.8. The van der Waals surface area contributed by atoms with E-state index in [-0.39, 0.29) is 25.4 Å². The molecule has 1 aliphatic rings. The maximum Gasteiger partial charge on any atom is 0.338 e. The SMILES string of the molecule is C=CCOC(=O)c1ccccc1.C=Cc1ccccc1.O=C1CCC(=O)O1. The van der Waals surface area contributed by atoms with Gasteiger partial charge in [-0.2, -0.15) is 0 Å². The summed E-state index contributed by atoms with van der Waals surface area (Å²) in [6.07, 6.45) is 3.90. The van der Waals surface area contributed by atoms with Crippen molar-refractivity contribution in [3.05, 3.63) is 91.0 Å². The van der Waals surface area contributed by atoms with Crippen LogP contribution in [0.3, 0.4) is 0 Å². The van der Waals surface area contributed by atoms with E-state index in [1.165, 1.54) is 5.56 Å². The molecule has 0 N–H and O–H groups in total. The van der Waals surface area contributed by atoms with Gasteiger partial charge in [0.15, 0.2) is 0 Å². The molecule has 0 amide bonds. The Morgan fingerprint density at radius 3 is 1.81 bits per heavy atom. The number of hydrogen-bond donors (Lipinski definition) is 0. The Hall–Kier alpha value is -3.47. The van der Waals surface area contributed by atoms with E-state index in [2.05, 4.69) is 17.9 Å². The fourth-order valence-electron chi connectivity index (χ4n) is 1.81. The second-order valence-electron chi connectivity index (χ2n) is 5.21. The summed E-state index contributed by atoms with van der Waals surface area (Å²) in [6, 6.07) is 18.9. The molecule has 0 unspecified atom stereocenters. The van der Waals surface area contributed by atoms with E-state index < -0.39 is 11.9 Å². The molecule has 0 atom stereocenters. The van der Waals surface area contributed by atoms with Crippen LogP contribution in [0.25, 0.3) is 6.08 Å². The van der Waals surface area contributed by atoms with Crippen molar-refractivity contribution in [2.75, 3.05) is 6.61 Å². The Bertz CT molecular complexity index is 737. The van der Waals surface area contributed by atoms with Crippen LogP contribution in [0.1, 0.15) is 28.8 Å².